The Bertz CT molecular complexity index is 918. The highest BCUT2D eigenvalue weighted by Gasteiger charge is 2.73. The molecule has 2 N–H and O–H groups in total. The van der Waals surface area contributed by atoms with E-state index in [-0.39, 0.29) is 27.6 Å². The van der Waals surface area contributed by atoms with E-state index >= 15 is 0 Å². The highest BCUT2D eigenvalue weighted by molar-refractivity contribution is 6.00. The first-order valence-corrected chi connectivity index (χ1v) is 8.78. The van der Waals surface area contributed by atoms with E-state index in [1.165, 1.54) is 4.90 Å². The number of nitrogens with one attached hydrogen (secondary N) is 2. The highest BCUT2D eigenvalue weighted by Crippen LogP contribution is 2.65. The normalized spacial score (nSPS) is 24.8. The number of aromatic amines is 1. The van der Waals surface area contributed by atoms with Gasteiger partial charge in [-0.2, -0.15) is 0 Å². The van der Waals surface area contributed by atoms with Crippen molar-refractivity contribution < 1.29 is 21.2 Å². The molecule has 1 unspecified atom stereocenters. The topological polar surface area (TPSA) is 65.2 Å². The van der Waals surface area contributed by atoms with Gasteiger partial charge in [0, 0.05) is 33.3 Å². The summed E-state index contributed by atoms with van der Waals surface area (Å²) in [6, 6.07) is 6.79. The highest BCUT2D eigenvalue weighted by atomic mass is 19.3. The number of carbonyl (C=O) groups is 2. The van der Waals surface area contributed by atoms with Gasteiger partial charge >= 0.3 is 0 Å². The smallest absolute Gasteiger partial charge is 0.268 e. The van der Waals surface area contributed by atoms with Crippen molar-refractivity contribution in [2.45, 2.75) is 38.7 Å². The minimum atomic E-state index is -2.66. The molecule has 2 fully saturated rings. The minimum Gasteiger partial charge on any atom is -0.351 e. The molecule has 142 valence electrons. The lowest BCUT2D eigenvalue weighted by Crippen LogP contribution is -2.46. The largest absolute Gasteiger partial charge is 0.351 e. The summed E-state index contributed by atoms with van der Waals surface area (Å²) in [4.78, 5) is 29.4. The predicted molar refractivity (Wildman–Crippen MR) is 97.4 cm³/mol. The number of H-pyrrole nitrogens is 1. The predicted octanol–water partition coefficient (Wildman–Crippen LogP) is 3.34. The van der Waals surface area contributed by atoms with Crippen LogP contribution in [-0.4, -0.2) is 46.8 Å². The lowest BCUT2D eigenvalue weighted by molar-refractivity contribution is -0.132. The van der Waals surface area contributed by atoms with Crippen molar-refractivity contribution in [3.05, 3.63) is 35.5 Å². The first kappa shape index (κ1) is 17.0. The molecule has 0 radical (unpaired) electrons. The van der Waals surface area contributed by atoms with E-state index in [2.05, 4.69) is 10.3 Å². The number of alkyl halides is 2. The van der Waals surface area contributed by atoms with E-state index in [9.17, 15) is 18.4 Å². The first-order chi connectivity index (χ1) is 12.2. The van der Waals surface area contributed by atoms with Crippen molar-refractivity contribution in [3.8, 4) is 0 Å². The molecule has 1 aromatic carbocycles. The third-order valence-corrected chi connectivity index (χ3v) is 5.62. The summed E-state index contributed by atoms with van der Waals surface area (Å²) in [5, 5.41) is 3.59. The van der Waals surface area contributed by atoms with Gasteiger partial charge in [0.1, 0.15) is 11.7 Å². The molecule has 1 aromatic heterocycles. The molecule has 1 aliphatic carbocycles. The Morgan fingerprint density at radius 3 is 2.73 bits per heavy atom. The van der Waals surface area contributed by atoms with Crippen LogP contribution in [0.4, 0.5) is 8.78 Å². The van der Waals surface area contributed by atoms with Crippen LogP contribution in [0.3, 0.4) is 0 Å². The van der Waals surface area contributed by atoms with Crippen LogP contribution in [0.5, 0.6) is 0 Å². The lowest BCUT2D eigenvalue weighted by Gasteiger charge is -2.21. The number of hydrogen-bond donors (Lipinski definition) is 2. The fourth-order valence-electron chi connectivity index (χ4n) is 3.87. The van der Waals surface area contributed by atoms with Crippen LogP contribution in [-0.2, 0) is 4.79 Å². The summed E-state index contributed by atoms with van der Waals surface area (Å²) in [5.41, 5.74) is 1.28. The zero-order chi connectivity index (χ0) is 18.7. The zero-order valence-corrected chi connectivity index (χ0v) is 14.7. The summed E-state index contributed by atoms with van der Waals surface area (Å²) in [5.74, 6) is -3.35. The molecule has 2 heterocycles. The van der Waals surface area contributed by atoms with Crippen molar-refractivity contribution in [3.63, 3.8) is 0 Å². The average Bonchev–Trinajstić information content (AvgIpc) is 2.96. The number of fused-ring (bicyclic) bond motifs is 1. The second-order valence-electron chi connectivity index (χ2n) is 7.64. The first-order valence-electron chi connectivity index (χ1n) is 8.78. The van der Waals surface area contributed by atoms with Crippen molar-refractivity contribution in [1.82, 2.24) is 15.2 Å². The van der Waals surface area contributed by atoms with Gasteiger partial charge in [-0.25, -0.2) is 8.78 Å². The maximum atomic E-state index is 13.5. The van der Waals surface area contributed by atoms with Crippen LogP contribution in [0, 0.1) is 12.3 Å². The number of halogens is 2. The van der Waals surface area contributed by atoms with E-state index in [1.807, 2.05) is 25.1 Å². The number of rotatable bonds is 3. The third-order valence-electron chi connectivity index (χ3n) is 5.62. The van der Waals surface area contributed by atoms with Crippen molar-refractivity contribution in [1.29, 1.82) is 0 Å². The van der Waals surface area contributed by atoms with Gasteiger partial charge in [-0.05, 0) is 38.5 Å². The van der Waals surface area contributed by atoms with Crippen LogP contribution < -0.4 is 5.32 Å². The molecule has 1 aliphatic heterocycles. The molecule has 26 heavy (non-hydrogen) atoms. The molecule has 7 heteroatoms. The molecule has 1 saturated carbocycles. The molecule has 4 rings (SSSR count). The van der Waals surface area contributed by atoms with Crippen LogP contribution in [0.1, 0.15) is 38.7 Å². The summed E-state index contributed by atoms with van der Waals surface area (Å²) < 4.78 is 27.0. The molecular formula is C19H25F2N3O2. The van der Waals surface area contributed by atoms with Crippen LogP contribution in [0.25, 0.3) is 10.9 Å². The third kappa shape index (κ3) is 2.66. The Morgan fingerprint density at radius 2 is 2.08 bits per heavy atom. The standard InChI is InChI=1S/C19H21F2N3O2.2H2/c1-11-3-4-14-13(7-11)8-15(23-14)16(25)22-12(2)17(26)24-6-5-18(10-24)9-19(18,20)21;;/h3-4,7-8,12,23H,5-6,9-10H2,1-2H3,(H,22,25);2*1H/t12-,18?;;/m1../s1. The summed E-state index contributed by atoms with van der Waals surface area (Å²) in [6.07, 6.45) is 0.187. The number of hydrogen-bond acceptors (Lipinski definition) is 2. The Morgan fingerprint density at radius 1 is 1.35 bits per heavy atom. The zero-order valence-electron chi connectivity index (χ0n) is 14.7. The van der Waals surface area contributed by atoms with Gasteiger partial charge in [-0.1, -0.05) is 11.6 Å². The van der Waals surface area contributed by atoms with Gasteiger partial charge < -0.3 is 15.2 Å². The van der Waals surface area contributed by atoms with Crippen molar-refractivity contribution in [2.24, 2.45) is 5.41 Å². The molecule has 5 nitrogen and oxygen atoms in total. The number of aromatic nitrogens is 1. The second-order valence-corrected chi connectivity index (χ2v) is 7.64. The van der Waals surface area contributed by atoms with E-state index in [0.717, 1.165) is 16.5 Å². The number of likely N-dealkylation sites (tertiary alicyclic amines) is 1. The maximum Gasteiger partial charge on any atom is 0.268 e. The molecule has 2 aliphatic rings. The van der Waals surface area contributed by atoms with Gasteiger partial charge in [-0.15, -0.1) is 0 Å². The molecule has 2 aromatic rings. The minimum absolute atomic E-state index is 0. The fourth-order valence-corrected chi connectivity index (χ4v) is 3.87. The molecular weight excluding hydrogens is 340 g/mol. The number of carbonyl (C=O) groups excluding carboxylic acids is 2. The second kappa shape index (κ2) is 5.53. The molecule has 1 spiro atoms. The Labute approximate surface area is 152 Å². The average molecular weight is 365 g/mol. The van der Waals surface area contributed by atoms with Crippen LogP contribution >= 0.6 is 0 Å². The van der Waals surface area contributed by atoms with E-state index < -0.39 is 17.4 Å². The van der Waals surface area contributed by atoms with Gasteiger partial charge in [-0.3, -0.25) is 9.59 Å². The quantitative estimate of drug-likeness (QED) is 0.876. The van der Waals surface area contributed by atoms with Gasteiger partial charge in [0.05, 0.1) is 5.41 Å². The number of amides is 2. The number of aryl methyl sites for hydroxylation is 1. The Hall–Kier alpha value is -2.44. The van der Waals surface area contributed by atoms with E-state index in [4.69, 9.17) is 0 Å². The van der Waals surface area contributed by atoms with Crippen LogP contribution in [0.2, 0.25) is 0 Å². The van der Waals surface area contributed by atoms with Gasteiger partial charge in [0.2, 0.25) is 5.91 Å². The Kier molecular flexibility index (Phi) is 3.61. The SMILES string of the molecule is Cc1ccc2[nH]c(C(=O)N[C@H](C)C(=O)N3CCC4(C3)CC4(F)F)cc2c1.[HH].[HH]. The van der Waals surface area contributed by atoms with Crippen LogP contribution in [0.15, 0.2) is 24.3 Å². The maximum absolute atomic E-state index is 13.5. The summed E-state index contributed by atoms with van der Waals surface area (Å²) >= 11 is 0. The Balaban J connectivity index is 0.00000140. The van der Waals surface area contributed by atoms with Gasteiger partial charge in [0.15, 0.2) is 0 Å². The van der Waals surface area contributed by atoms with Crippen molar-refractivity contribution in [2.75, 3.05) is 13.1 Å². The summed E-state index contributed by atoms with van der Waals surface area (Å²) in [7, 11) is 0. The summed E-state index contributed by atoms with van der Waals surface area (Å²) in [6.45, 7) is 3.95. The molecule has 1 saturated heterocycles. The van der Waals surface area contributed by atoms with E-state index in [0.29, 0.717) is 18.7 Å². The fraction of sp³-hybridized carbons (Fsp3) is 0.474. The van der Waals surface area contributed by atoms with Crippen molar-refractivity contribution >= 4 is 22.7 Å². The molecule has 0 bridgehead atoms. The molecule has 2 amide bonds. The van der Waals surface area contributed by atoms with E-state index in [1.54, 1.807) is 13.0 Å². The monoisotopic (exact) mass is 365 g/mol. The lowest BCUT2D eigenvalue weighted by atomic mass is 10.1. The number of nitrogens with zero attached hydrogens (tertiary/aromatic N) is 1. The van der Waals surface area contributed by atoms with Gasteiger partial charge in [0.25, 0.3) is 11.8 Å². The molecule has 2 atom stereocenters. The number of benzene rings is 1.